The van der Waals surface area contributed by atoms with Crippen LogP contribution in [-0.2, 0) is 24.8 Å². The van der Waals surface area contributed by atoms with Gasteiger partial charge in [-0.05, 0) is 26.1 Å². The second kappa shape index (κ2) is 6.21. The molecule has 7 heteroatoms. The van der Waals surface area contributed by atoms with Crippen LogP contribution in [-0.4, -0.2) is 45.5 Å². The molecule has 2 rings (SSSR count). The normalized spacial score (nSPS) is 13.8. The first-order valence-electron chi connectivity index (χ1n) is 6.83. The van der Waals surface area contributed by atoms with E-state index in [9.17, 15) is 4.79 Å². The van der Waals surface area contributed by atoms with Crippen molar-refractivity contribution in [3.05, 3.63) is 17.0 Å². The van der Waals surface area contributed by atoms with Crippen LogP contribution in [0.3, 0.4) is 0 Å². The first-order chi connectivity index (χ1) is 9.58. The fraction of sp³-hybridized carbons (Fsp3) is 0.615. The number of carbonyl (C=O) groups is 1. The molecule has 0 aliphatic carbocycles. The first-order valence-corrected chi connectivity index (χ1v) is 7.23. The smallest absolute Gasteiger partial charge is 0.359 e. The molecule has 1 aromatic heterocycles. The number of hydrogen-bond acceptors (Lipinski definition) is 4. The maximum absolute atomic E-state index is 12.0. The van der Waals surface area contributed by atoms with Gasteiger partial charge in [0, 0.05) is 44.4 Å². The maximum Gasteiger partial charge on any atom is 0.359 e. The molecule has 1 aliphatic heterocycles. The van der Waals surface area contributed by atoms with E-state index in [1.807, 2.05) is 14.0 Å². The third-order valence-electron chi connectivity index (χ3n) is 3.33. The topological polar surface area (TPSA) is 59.4 Å². The average Bonchev–Trinajstić information content (AvgIpc) is 2.76. The standard InChI is InChI=1S/C13H20N4O2S/c1-4-14-13(20)17-7-6-10-9(8-17)11(15-16(10)3)12(18)19-5-2/h4-8H2,1-3H3,(H,14,20). The van der Waals surface area contributed by atoms with Gasteiger partial charge in [0.15, 0.2) is 10.8 Å². The molecule has 0 aromatic carbocycles. The summed E-state index contributed by atoms with van der Waals surface area (Å²) in [5, 5.41) is 8.16. The molecule has 0 saturated carbocycles. The minimum Gasteiger partial charge on any atom is -0.461 e. The van der Waals surface area contributed by atoms with Crippen LogP contribution < -0.4 is 5.32 Å². The Bertz CT molecular complexity index is 527. The van der Waals surface area contributed by atoms with Crippen LogP contribution in [0, 0.1) is 0 Å². The Hall–Kier alpha value is -1.63. The molecule has 0 amide bonds. The van der Waals surface area contributed by atoms with Crippen LogP contribution in [0.25, 0.3) is 0 Å². The highest BCUT2D eigenvalue weighted by molar-refractivity contribution is 7.80. The molecular formula is C13H20N4O2S. The number of aromatic nitrogens is 2. The lowest BCUT2D eigenvalue weighted by atomic mass is 10.1. The van der Waals surface area contributed by atoms with Gasteiger partial charge in [-0.2, -0.15) is 5.10 Å². The summed E-state index contributed by atoms with van der Waals surface area (Å²) in [6, 6.07) is 0. The van der Waals surface area contributed by atoms with Crippen LogP contribution in [0.4, 0.5) is 0 Å². The number of thiocarbonyl (C=S) groups is 1. The van der Waals surface area contributed by atoms with E-state index in [0.29, 0.717) is 18.8 Å². The minimum absolute atomic E-state index is 0.351. The number of nitrogens with zero attached hydrogens (tertiary/aromatic N) is 3. The third kappa shape index (κ3) is 2.77. The largest absolute Gasteiger partial charge is 0.461 e. The molecule has 20 heavy (non-hydrogen) atoms. The van der Waals surface area contributed by atoms with Crippen molar-refractivity contribution >= 4 is 23.3 Å². The fourth-order valence-corrected chi connectivity index (χ4v) is 2.69. The molecule has 0 bridgehead atoms. The molecule has 0 spiro atoms. The van der Waals surface area contributed by atoms with Gasteiger partial charge < -0.3 is 15.0 Å². The summed E-state index contributed by atoms with van der Waals surface area (Å²) in [7, 11) is 1.86. The number of fused-ring (bicyclic) bond motifs is 1. The van der Waals surface area contributed by atoms with Crippen LogP contribution in [0.1, 0.15) is 35.6 Å². The SMILES string of the molecule is CCNC(=S)N1CCc2c(c(C(=O)OCC)nn2C)C1. The Morgan fingerprint density at radius 1 is 1.50 bits per heavy atom. The molecule has 0 radical (unpaired) electrons. The number of ether oxygens (including phenoxy) is 1. The second-order valence-electron chi connectivity index (χ2n) is 4.62. The number of carbonyl (C=O) groups excluding carboxylic acids is 1. The zero-order valence-electron chi connectivity index (χ0n) is 12.1. The van der Waals surface area contributed by atoms with Gasteiger partial charge in [-0.3, -0.25) is 4.68 Å². The lowest BCUT2D eigenvalue weighted by Gasteiger charge is -2.29. The van der Waals surface area contributed by atoms with Crippen LogP contribution in [0.5, 0.6) is 0 Å². The fourth-order valence-electron chi connectivity index (χ4n) is 2.39. The Labute approximate surface area is 124 Å². The Balaban J connectivity index is 2.25. The molecular weight excluding hydrogens is 276 g/mol. The lowest BCUT2D eigenvalue weighted by Crippen LogP contribution is -2.42. The van der Waals surface area contributed by atoms with Crippen molar-refractivity contribution in [2.24, 2.45) is 7.05 Å². The van der Waals surface area contributed by atoms with Crippen molar-refractivity contribution < 1.29 is 9.53 Å². The number of nitrogens with one attached hydrogen (secondary N) is 1. The van der Waals surface area contributed by atoms with Gasteiger partial charge in [-0.1, -0.05) is 0 Å². The molecule has 2 heterocycles. The van der Waals surface area contributed by atoms with E-state index in [-0.39, 0.29) is 5.97 Å². The molecule has 0 unspecified atom stereocenters. The molecule has 110 valence electrons. The van der Waals surface area contributed by atoms with E-state index >= 15 is 0 Å². The van der Waals surface area contributed by atoms with Crippen LogP contribution in [0.15, 0.2) is 0 Å². The second-order valence-corrected chi connectivity index (χ2v) is 5.01. The highest BCUT2D eigenvalue weighted by atomic mass is 32.1. The maximum atomic E-state index is 12.0. The summed E-state index contributed by atoms with van der Waals surface area (Å²) < 4.78 is 6.84. The summed E-state index contributed by atoms with van der Waals surface area (Å²) in [5.41, 5.74) is 2.43. The number of hydrogen-bond donors (Lipinski definition) is 1. The number of rotatable bonds is 3. The average molecular weight is 296 g/mol. The van der Waals surface area contributed by atoms with E-state index in [1.54, 1.807) is 11.6 Å². The van der Waals surface area contributed by atoms with Crippen molar-refractivity contribution in [2.75, 3.05) is 19.7 Å². The van der Waals surface area contributed by atoms with E-state index in [0.717, 1.165) is 35.9 Å². The highest BCUT2D eigenvalue weighted by Gasteiger charge is 2.28. The summed E-state index contributed by atoms with van der Waals surface area (Å²) in [5.74, 6) is -0.361. The first kappa shape index (κ1) is 14.8. The molecule has 1 aliphatic rings. The molecule has 6 nitrogen and oxygen atoms in total. The lowest BCUT2D eigenvalue weighted by molar-refractivity contribution is 0.0516. The van der Waals surface area contributed by atoms with E-state index in [4.69, 9.17) is 17.0 Å². The van der Waals surface area contributed by atoms with Gasteiger partial charge >= 0.3 is 5.97 Å². The van der Waals surface area contributed by atoms with Gasteiger partial charge in [0.1, 0.15) is 0 Å². The van der Waals surface area contributed by atoms with Crippen molar-refractivity contribution in [3.8, 4) is 0 Å². The zero-order chi connectivity index (χ0) is 14.7. The van der Waals surface area contributed by atoms with Gasteiger partial charge in [0.2, 0.25) is 0 Å². The molecule has 0 fully saturated rings. The summed E-state index contributed by atoms with van der Waals surface area (Å²) in [6.07, 6.45) is 0.823. The van der Waals surface area contributed by atoms with Crippen molar-refractivity contribution in [1.82, 2.24) is 20.0 Å². The van der Waals surface area contributed by atoms with E-state index < -0.39 is 0 Å². The molecule has 1 aromatic rings. The van der Waals surface area contributed by atoms with Gasteiger partial charge in [-0.25, -0.2) is 4.79 Å². The third-order valence-corrected chi connectivity index (χ3v) is 3.73. The minimum atomic E-state index is -0.361. The quantitative estimate of drug-likeness (QED) is 0.659. The van der Waals surface area contributed by atoms with Crippen LogP contribution in [0.2, 0.25) is 0 Å². The molecule has 0 saturated heterocycles. The van der Waals surface area contributed by atoms with Crippen molar-refractivity contribution in [2.45, 2.75) is 26.8 Å². The van der Waals surface area contributed by atoms with Crippen molar-refractivity contribution in [1.29, 1.82) is 0 Å². The summed E-state index contributed by atoms with van der Waals surface area (Å²) in [4.78, 5) is 14.0. The molecule has 0 atom stereocenters. The van der Waals surface area contributed by atoms with E-state index in [2.05, 4.69) is 15.3 Å². The summed E-state index contributed by atoms with van der Waals surface area (Å²) >= 11 is 5.34. The predicted molar refractivity (Wildman–Crippen MR) is 79.6 cm³/mol. The Kier molecular flexibility index (Phi) is 4.59. The number of aryl methyl sites for hydroxylation is 1. The Morgan fingerprint density at radius 2 is 2.25 bits per heavy atom. The summed E-state index contributed by atoms with van der Waals surface area (Å²) in [6.45, 7) is 6.38. The molecule has 1 N–H and O–H groups in total. The monoisotopic (exact) mass is 296 g/mol. The predicted octanol–water partition coefficient (Wildman–Crippen LogP) is 0.849. The number of esters is 1. The highest BCUT2D eigenvalue weighted by Crippen LogP contribution is 2.22. The van der Waals surface area contributed by atoms with E-state index in [1.165, 1.54) is 0 Å². The van der Waals surface area contributed by atoms with Crippen LogP contribution >= 0.6 is 12.2 Å². The zero-order valence-corrected chi connectivity index (χ0v) is 12.9. The van der Waals surface area contributed by atoms with Crippen molar-refractivity contribution in [3.63, 3.8) is 0 Å². The van der Waals surface area contributed by atoms with Gasteiger partial charge in [0.25, 0.3) is 0 Å². The Morgan fingerprint density at radius 3 is 2.90 bits per heavy atom. The van der Waals surface area contributed by atoms with Gasteiger partial charge in [0.05, 0.1) is 6.61 Å². The van der Waals surface area contributed by atoms with Gasteiger partial charge in [-0.15, -0.1) is 0 Å².